The quantitative estimate of drug-likeness (QED) is 0.926. The lowest BCUT2D eigenvalue weighted by atomic mass is 10.1. The fourth-order valence-electron chi connectivity index (χ4n) is 2.01. The predicted octanol–water partition coefficient (Wildman–Crippen LogP) is 2.34. The number of nitrogens with one attached hydrogen (secondary N) is 1. The van der Waals surface area contributed by atoms with Crippen molar-refractivity contribution in [3.05, 3.63) is 24.3 Å². The average molecular weight is 291 g/mol. The third-order valence-electron chi connectivity index (χ3n) is 3.16. The zero-order valence-electron chi connectivity index (χ0n) is 13.7. The molecule has 116 valence electrons. The van der Waals surface area contributed by atoms with Crippen molar-refractivity contribution in [2.75, 3.05) is 30.9 Å². The van der Waals surface area contributed by atoms with E-state index in [9.17, 15) is 9.59 Å². The van der Waals surface area contributed by atoms with Gasteiger partial charge in [0.2, 0.25) is 11.8 Å². The molecule has 0 aromatic heterocycles. The van der Waals surface area contributed by atoms with E-state index < -0.39 is 0 Å². The van der Waals surface area contributed by atoms with Gasteiger partial charge in [-0.15, -0.1) is 0 Å². The summed E-state index contributed by atoms with van der Waals surface area (Å²) in [7, 11) is 3.92. The molecule has 1 aromatic rings. The van der Waals surface area contributed by atoms with Crippen LogP contribution >= 0.6 is 0 Å². The third kappa shape index (κ3) is 5.10. The van der Waals surface area contributed by atoms with E-state index in [0.29, 0.717) is 0 Å². The van der Waals surface area contributed by atoms with Gasteiger partial charge in [0.1, 0.15) is 6.54 Å². The summed E-state index contributed by atoms with van der Waals surface area (Å²) in [5.41, 5.74) is 1.41. The number of rotatable bonds is 4. The lowest BCUT2D eigenvalue weighted by molar-refractivity contribution is -0.137. The summed E-state index contributed by atoms with van der Waals surface area (Å²) in [6.45, 7) is 7.26. The van der Waals surface area contributed by atoms with Gasteiger partial charge in [-0.1, -0.05) is 0 Å². The maximum atomic E-state index is 12.1. The van der Waals surface area contributed by atoms with Crippen LogP contribution in [0.1, 0.15) is 27.7 Å². The van der Waals surface area contributed by atoms with Crippen LogP contribution in [0.25, 0.3) is 0 Å². The number of carbonyl (C=O) groups is 2. The molecule has 2 amide bonds. The van der Waals surface area contributed by atoms with Gasteiger partial charge in [0.15, 0.2) is 0 Å². The van der Waals surface area contributed by atoms with Gasteiger partial charge in [-0.3, -0.25) is 9.59 Å². The molecular weight excluding hydrogens is 266 g/mol. The zero-order valence-corrected chi connectivity index (χ0v) is 13.7. The number of carbonyl (C=O) groups excluding carboxylic acids is 2. The predicted molar refractivity (Wildman–Crippen MR) is 86.5 cm³/mol. The van der Waals surface area contributed by atoms with Crippen molar-refractivity contribution < 1.29 is 9.59 Å². The van der Waals surface area contributed by atoms with Gasteiger partial charge in [-0.05, 0) is 45.0 Å². The Hall–Kier alpha value is -2.04. The third-order valence-corrected chi connectivity index (χ3v) is 3.16. The van der Waals surface area contributed by atoms with E-state index in [1.807, 2.05) is 64.0 Å². The lowest BCUT2D eigenvalue weighted by Crippen LogP contribution is -2.48. The Bertz CT molecular complexity index is 501. The normalized spacial score (nSPS) is 11.0. The lowest BCUT2D eigenvalue weighted by Gasteiger charge is -2.34. The molecule has 0 atom stereocenters. The first-order valence-corrected chi connectivity index (χ1v) is 6.96. The Morgan fingerprint density at radius 3 is 2.00 bits per heavy atom. The maximum Gasteiger partial charge on any atom is 0.244 e. The van der Waals surface area contributed by atoms with E-state index in [1.165, 1.54) is 6.92 Å². The van der Waals surface area contributed by atoms with Crippen LogP contribution in [0.2, 0.25) is 0 Å². The minimum Gasteiger partial charge on any atom is -0.378 e. The molecule has 1 N–H and O–H groups in total. The summed E-state index contributed by atoms with van der Waals surface area (Å²) in [5.74, 6) is -0.307. The van der Waals surface area contributed by atoms with Crippen molar-refractivity contribution in [3.8, 4) is 0 Å². The first-order chi connectivity index (χ1) is 9.61. The standard InChI is InChI=1S/C16H25N3O2/c1-12(20)19(16(2,3)4)11-15(21)17-13-7-9-14(10-8-13)18(5)6/h7-10H,11H2,1-6H3,(H,17,21). The monoisotopic (exact) mass is 291 g/mol. The van der Waals surface area contributed by atoms with Crippen LogP contribution in [-0.4, -0.2) is 42.9 Å². The molecule has 0 radical (unpaired) electrons. The van der Waals surface area contributed by atoms with Crippen molar-refractivity contribution in [2.24, 2.45) is 0 Å². The molecule has 0 aliphatic carbocycles. The van der Waals surface area contributed by atoms with Crippen LogP contribution < -0.4 is 10.2 Å². The topological polar surface area (TPSA) is 52.7 Å². The van der Waals surface area contributed by atoms with E-state index >= 15 is 0 Å². The number of amides is 2. The van der Waals surface area contributed by atoms with E-state index in [2.05, 4.69) is 5.32 Å². The second-order valence-corrected chi connectivity index (χ2v) is 6.27. The Balaban J connectivity index is 2.70. The van der Waals surface area contributed by atoms with Gasteiger partial charge in [0, 0.05) is 37.9 Å². The van der Waals surface area contributed by atoms with Gasteiger partial charge in [-0.2, -0.15) is 0 Å². The minimum absolute atomic E-state index is 0.0499. The number of hydrogen-bond acceptors (Lipinski definition) is 3. The van der Waals surface area contributed by atoms with Crippen LogP contribution in [0.3, 0.4) is 0 Å². The van der Waals surface area contributed by atoms with Crippen LogP contribution in [-0.2, 0) is 9.59 Å². The molecule has 0 aliphatic rings. The number of nitrogens with zero attached hydrogens (tertiary/aromatic N) is 2. The summed E-state index contributed by atoms with van der Waals surface area (Å²) in [5, 5.41) is 2.81. The highest BCUT2D eigenvalue weighted by Gasteiger charge is 2.25. The zero-order chi connectivity index (χ0) is 16.2. The van der Waals surface area contributed by atoms with Gasteiger partial charge < -0.3 is 15.1 Å². The fraction of sp³-hybridized carbons (Fsp3) is 0.500. The van der Waals surface area contributed by atoms with Crippen molar-refractivity contribution in [1.29, 1.82) is 0 Å². The van der Waals surface area contributed by atoms with Crippen LogP contribution in [0, 0.1) is 0 Å². The Morgan fingerprint density at radius 2 is 1.62 bits per heavy atom. The maximum absolute atomic E-state index is 12.1. The Labute approximate surface area is 126 Å². The molecule has 5 nitrogen and oxygen atoms in total. The summed E-state index contributed by atoms with van der Waals surface area (Å²) in [6.07, 6.45) is 0. The van der Waals surface area contributed by atoms with E-state index in [0.717, 1.165) is 11.4 Å². The van der Waals surface area contributed by atoms with Gasteiger partial charge in [0.25, 0.3) is 0 Å². The second kappa shape index (κ2) is 6.61. The first kappa shape index (κ1) is 17.0. The molecule has 0 bridgehead atoms. The molecule has 0 saturated heterocycles. The van der Waals surface area contributed by atoms with Crippen molar-refractivity contribution in [2.45, 2.75) is 33.2 Å². The Morgan fingerprint density at radius 1 is 1.10 bits per heavy atom. The molecule has 21 heavy (non-hydrogen) atoms. The molecular formula is C16H25N3O2. The highest BCUT2D eigenvalue weighted by Crippen LogP contribution is 2.17. The molecule has 0 aliphatic heterocycles. The van der Waals surface area contributed by atoms with Gasteiger partial charge >= 0.3 is 0 Å². The smallest absolute Gasteiger partial charge is 0.244 e. The molecule has 1 aromatic carbocycles. The van der Waals surface area contributed by atoms with Crippen molar-refractivity contribution >= 4 is 23.2 Å². The number of hydrogen-bond donors (Lipinski definition) is 1. The van der Waals surface area contributed by atoms with Gasteiger partial charge in [0.05, 0.1) is 0 Å². The fourth-order valence-corrected chi connectivity index (χ4v) is 2.01. The largest absolute Gasteiger partial charge is 0.378 e. The number of benzene rings is 1. The minimum atomic E-state index is -0.377. The summed E-state index contributed by atoms with van der Waals surface area (Å²) in [4.78, 5) is 27.3. The van der Waals surface area contributed by atoms with Gasteiger partial charge in [-0.25, -0.2) is 0 Å². The van der Waals surface area contributed by atoms with Crippen LogP contribution in [0.5, 0.6) is 0 Å². The van der Waals surface area contributed by atoms with Crippen molar-refractivity contribution in [1.82, 2.24) is 4.90 Å². The molecule has 0 fully saturated rings. The molecule has 5 heteroatoms. The van der Waals surface area contributed by atoms with E-state index in [1.54, 1.807) is 4.90 Å². The second-order valence-electron chi connectivity index (χ2n) is 6.27. The van der Waals surface area contributed by atoms with E-state index in [4.69, 9.17) is 0 Å². The molecule has 0 saturated carbocycles. The SMILES string of the molecule is CC(=O)N(CC(=O)Nc1ccc(N(C)C)cc1)C(C)(C)C. The first-order valence-electron chi connectivity index (χ1n) is 6.96. The van der Waals surface area contributed by atoms with Crippen LogP contribution in [0.15, 0.2) is 24.3 Å². The highest BCUT2D eigenvalue weighted by molar-refractivity contribution is 5.94. The molecule has 0 spiro atoms. The molecule has 1 rings (SSSR count). The highest BCUT2D eigenvalue weighted by atomic mass is 16.2. The summed E-state index contributed by atoms with van der Waals surface area (Å²) < 4.78 is 0. The van der Waals surface area contributed by atoms with Crippen molar-refractivity contribution in [3.63, 3.8) is 0 Å². The molecule has 0 unspecified atom stereocenters. The van der Waals surface area contributed by atoms with E-state index in [-0.39, 0.29) is 23.9 Å². The number of anilines is 2. The average Bonchev–Trinajstić information content (AvgIpc) is 2.35. The molecule has 0 heterocycles. The Kier molecular flexibility index (Phi) is 5.35. The summed E-state index contributed by atoms with van der Waals surface area (Å²) in [6, 6.07) is 7.56. The van der Waals surface area contributed by atoms with Crippen LogP contribution in [0.4, 0.5) is 11.4 Å². The summed E-state index contributed by atoms with van der Waals surface area (Å²) >= 11 is 0.